The van der Waals surface area contributed by atoms with Gasteiger partial charge in [0.15, 0.2) is 11.9 Å². The van der Waals surface area contributed by atoms with Gasteiger partial charge in [0.25, 0.3) is 0 Å². The standard InChI is InChI=1S/C14H18N3.C7H9N.Cu/c1-16(11-13-7-3-5-9-15-13)12-14-8-4-6-10-17(14)2;1-2-7-5-3-4-6-8-7;/h3-10H,11-12H2,1-2H3;3-6H,2H2,1H3;/q+1;;. The van der Waals surface area contributed by atoms with Crippen LogP contribution in [0.1, 0.15) is 24.0 Å². The van der Waals surface area contributed by atoms with Gasteiger partial charge in [-0.25, -0.2) is 4.57 Å². The largest absolute Gasteiger partial charge is 0.291 e. The zero-order valence-corrected chi connectivity index (χ0v) is 16.6. The first kappa shape index (κ1) is 22.0. The van der Waals surface area contributed by atoms with E-state index in [1.165, 1.54) is 5.69 Å². The molecule has 0 bridgehead atoms. The molecule has 0 saturated carbocycles. The topological polar surface area (TPSA) is 32.9 Å². The molecule has 0 spiro atoms. The maximum absolute atomic E-state index is 4.33. The summed E-state index contributed by atoms with van der Waals surface area (Å²) in [6.07, 6.45) is 6.76. The molecule has 0 aromatic carbocycles. The number of rotatable bonds is 5. The van der Waals surface area contributed by atoms with E-state index in [1.54, 1.807) is 0 Å². The summed E-state index contributed by atoms with van der Waals surface area (Å²) in [5, 5.41) is 0. The van der Waals surface area contributed by atoms with Crippen molar-refractivity contribution in [2.24, 2.45) is 7.05 Å². The Morgan fingerprint density at radius 2 is 1.46 bits per heavy atom. The summed E-state index contributed by atoms with van der Waals surface area (Å²) in [5.74, 6) is 0. The van der Waals surface area contributed by atoms with Crippen molar-refractivity contribution in [3.05, 3.63) is 90.3 Å². The van der Waals surface area contributed by atoms with E-state index in [0.717, 1.165) is 30.9 Å². The summed E-state index contributed by atoms with van der Waals surface area (Å²) >= 11 is 0. The van der Waals surface area contributed by atoms with Crippen LogP contribution in [-0.4, -0.2) is 21.9 Å². The SMILES string of the molecule is CCc1ccccn1.CN(Cc1ccccn1)Cc1cccc[n+]1C.[Cu]. The van der Waals surface area contributed by atoms with Gasteiger partial charge in [0.1, 0.15) is 7.05 Å². The van der Waals surface area contributed by atoms with E-state index in [9.17, 15) is 0 Å². The fourth-order valence-corrected chi connectivity index (χ4v) is 2.43. The third-order valence-corrected chi connectivity index (χ3v) is 3.84. The summed E-state index contributed by atoms with van der Waals surface area (Å²) in [4.78, 5) is 10.7. The van der Waals surface area contributed by atoms with Gasteiger partial charge in [-0.3, -0.25) is 14.9 Å². The van der Waals surface area contributed by atoms with Crippen molar-refractivity contribution in [3.8, 4) is 0 Å². The Morgan fingerprint density at radius 1 is 0.846 bits per heavy atom. The minimum Gasteiger partial charge on any atom is -0.291 e. The Bertz CT molecular complexity index is 735. The first-order valence-electron chi connectivity index (χ1n) is 8.61. The predicted molar refractivity (Wildman–Crippen MR) is 101 cm³/mol. The predicted octanol–water partition coefficient (Wildman–Crippen LogP) is 3.18. The molecule has 0 aliphatic heterocycles. The Hall–Kier alpha value is -2.07. The van der Waals surface area contributed by atoms with Crippen LogP contribution in [0.3, 0.4) is 0 Å². The van der Waals surface area contributed by atoms with Crippen LogP contribution in [0.4, 0.5) is 0 Å². The molecule has 0 amide bonds. The summed E-state index contributed by atoms with van der Waals surface area (Å²) in [7, 11) is 4.19. The van der Waals surface area contributed by atoms with Gasteiger partial charge in [-0.05, 0) is 37.7 Å². The van der Waals surface area contributed by atoms with Crippen LogP contribution in [0.25, 0.3) is 0 Å². The molecule has 4 nitrogen and oxygen atoms in total. The van der Waals surface area contributed by atoms with Crippen LogP contribution in [0, 0.1) is 0 Å². The average molecular weight is 399 g/mol. The van der Waals surface area contributed by atoms with Gasteiger partial charge in [0, 0.05) is 53.8 Å². The van der Waals surface area contributed by atoms with Crippen molar-refractivity contribution < 1.29 is 21.6 Å². The Morgan fingerprint density at radius 3 is 1.96 bits per heavy atom. The third-order valence-electron chi connectivity index (χ3n) is 3.84. The van der Waals surface area contributed by atoms with E-state index in [1.807, 2.05) is 48.8 Å². The van der Waals surface area contributed by atoms with E-state index in [2.05, 4.69) is 64.8 Å². The van der Waals surface area contributed by atoms with Gasteiger partial charge in [0.2, 0.25) is 0 Å². The fraction of sp³-hybridized carbons (Fsp3) is 0.286. The van der Waals surface area contributed by atoms with Crippen molar-refractivity contribution in [2.75, 3.05) is 7.05 Å². The summed E-state index contributed by atoms with van der Waals surface area (Å²) in [5.41, 5.74) is 3.56. The summed E-state index contributed by atoms with van der Waals surface area (Å²) in [6.45, 7) is 3.89. The van der Waals surface area contributed by atoms with Crippen LogP contribution in [0.15, 0.2) is 73.2 Å². The minimum absolute atomic E-state index is 0. The van der Waals surface area contributed by atoms with Crippen molar-refractivity contribution in [2.45, 2.75) is 26.4 Å². The first-order valence-corrected chi connectivity index (χ1v) is 8.61. The van der Waals surface area contributed by atoms with Crippen LogP contribution < -0.4 is 4.57 Å². The molecule has 26 heavy (non-hydrogen) atoms. The summed E-state index contributed by atoms with van der Waals surface area (Å²) < 4.78 is 2.15. The number of hydrogen-bond donors (Lipinski definition) is 0. The average Bonchev–Trinajstić information content (AvgIpc) is 2.65. The van der Waals surface area contributed by atoms with E-state index in [-0.39, 0.29) is 17.1 Å². The Balaban J connectivity index is 0.000000318. The second-order valence-corrected chi connectivity index (χ2v) is 5.97. The molecule has 1 radical (unpaired) electrons. The molecule has 141 valence electrons. The Kier molecular flexibility index (Phi) is 10.4. The monoisotopic (exact) mass is 398 g/mol. The van der Waals surface area contributed by atoms with Gasteiger partial charge < -0.3 is 0 Å². The number of aromatic nitrogens is 3. The van der Waals surface area contributed by atoms with Gasteiger partial charge in [-0.15, -0.1) is 0 Å². The molecule has 0 fully saturated rings. The molecule has 3 aromatic heterocycles. The second kappa shape index (κ2) is 12.3. The molecule has 3 rings (SSSR count). The minimum atomic E-state index is 0. The van der Waals surface area contributed by atoms with Crippen LogP contribution in [0.5, 0.6) is 0 Å². The van der Waals surface area contributed by atoms with Crippen molar-refractivity contribution in [3.63, 3.8) is 0 Å². The molecule has 0 aliphatic carbocycles. The molecular formula is C21H27CuN4+. The van der Waals surface area contributed by atoms with Gasteiger partial charge in [0.05, 0.1) is 12.2 Å². The van der Waals surface area contributed by atoms with E-state index < -0.39 is 0 Å². The molecule has 0 unspecified atom stereocenters. The molecule has 3 aromatic rings. The summed E-state index contributed by atoms with van der Waals surface area (Å²) in [6, 6.07) is 18.3. The molecule has 0 saturated heterocycles. The normalized spacial score (nSPS) is 9.85. The molecule has 0 N–H and O–H groups in total. The number of pyridine rings is 3. The smallest absolute Gasteiger partial charge is 0.195 e. The van der Waals surface area contributed by atoms with E-state index in [0.29, 0.717) is 0 Å². The number of hydrogen-bond acceptors (Lipinski definition) is 3. The maximum atomic E-state index is 4.33. The molecule has 3 heterocycles. The zero-order chi connectivity index (χ0) is 17.9. The van der Waals surface area contributed by atoms with Crippen molar-refractivity contribution >= 4 is 0 Å². The van der Waals surface area contributed by atoms with Crippen molar-refractivity contribution in [1.29, 1.82) is 0 Å². The fourth-order valence-electron chi connectivity index (χ4n) is 2.43. The van der Waals surface area contributed by atoms with E-state index >= 15 is 0 Å². The molecule has 0 atom stereocenters. The van der Waals surface area contributed by atoms with Gasteiger partial charge in [-0.1, -0.05) is 25.1 Å². The van der Waals surface area contributed by atoms with Crippen molar-refractivity contribution in [1.82, 2.24) is 14.9 Å². The van der Waals surface area contributed by atoms with Crippen LogP contribution >= 0.6 is 0 Å². The Labute approximate surface area is 167 Å². The maximum Gasteiger partial charge on any atom is 0.195 e. The van der Waals surface area contributed by atoms with Gasteiger partial charge >= 0.3 is 0 Å². The van der Waals surface area contributed by atoms with Crippen LogP contribution in [-0.2, 0) is 43.6 Å². The first-order chi connectivity index (χ1) is 12.2. The third kappa shape index (κ3) is 7.87. The van der Waals surface area contributed by atoms with Gasteiger partial charge in [-0.2, -0.15) is 0 Å². The molecular weight excluding hydrogens is 372 g/mol. The quantitative estimate of drug-likeness (QED) is 0.488. The van der Waals surface area contributed by atoms with E-state index in [4.69, 9.17) is 0 Å². The number of nitrogens with zero attached hydrogens (tertiary/aromatic N) is 4. The molecule has 5 heteroatoms. The molecule has 0 aliphatic rings. The van der Waals surface area contributed by atoms with Crippen LogP contribution in [0.2, 0.25) is 0 Å². The zero-order valence-electron chi connectivity index (χ0n) is 15.6. The number of aryl methyl sites for hydroxylation is 2. The second-order valence-electron chi connectivity index (χ2n) is 5.97.